The Balaban J connectivity index is 1.60. The second kappa shape index (κ2) is 9.03. The van der Waals surface area contributed by atoms with Crippen LogP contribution in [0.4, 0.5) is 0 Å². The molecular formula is C18H26N4O2S. The number of hydrogen-bond donors (Lipinski definition) is 2. The summed E-state index contributed by atoms with van der Waals surface area (Å²) in [7, 11) is 1.80. The lowest BCUT2D eigenvalue weighted by Gasteiger charge is -2.33. The van der Waals surface area contributed by atoms with E-state index in [1.54, 1.807) is 18.4 Å². The third kappa shape index (κ3) is 5.07. The molecule has 2 N–H and O–H groups in total. The summed E-state index contributed by atoms with van der Waals surface area (Å²) in [6.07, 6.45) is 0. The predicted octanol–water partition coefficient (Wildman–Crippen LogP) is 2.39. The first-order valence-electron chi connectivity index (χ1n) is 8.61. The molecule has 2 aromatic rings. The summed E-state index contributed by atoms with van der Waals surface area (Å²) in [4.78, 5) is 8.02. The average molecular weight is 362 g/mol. The Hall–Kier alpha value is -1.83. The fourth-order valence-electron chi connectivity index (χ4n) is 2.93. The van der Waals surface area contributed by atoms with Gasteiger partial charge >= 0.3 is 0 Å². The van der Waals surface area contributed by atoms with Crippen LogP contribution in [0.2, 0.25) is 0 Å². The van der Waals surface area contributed by atoms with E-state index >= 15 is 0 Å². The lowest BCUT2D eigenvalue weighted by molar-refractivity contribution is 0.0124. The largest absolute Gasteiger partial charge is 0.465 e. The smallest absolute Gasteiger partial charge is 0.191 e. The van der Waals surface area contributed by atoms with Gasteiger partial charge in [-0.3, -0.25) is 9.89 Å². The Morgan fingerprint density at radius 3 is 2.76 bits per heavy atom. The molecule has 0 bridgehead atoms. The Kier molecular flexibility index (Phi) is 6.49. The zero-order chi connectivity index (χ0) is 17.5. The van der Waals surface area contributed by atoms with Crippen LogP contribution in [-0.4, -0.2) is 50.8 Å². The number of nitrogens with zero attached hydrogens (tertiary/aromatic N) is 2. The van der Waals surface area contributed by atoms with E-state index < -0.39 is 0 Å². The van der Waals surface area contributed by atoms with Crippen LogP contribution in [0.25, 0.3) is 0 Å². The van der Waals surface area contributed by atoms with Crippen molar-refractivity contribution in [3.8, 4) is 0 Å². The molecule has 1 saturated heterocycles. The minimum absolute atomic E-state index is 0.165. The van der Waals surface area contributed by atoms with Crippen LogP contribution in [0.5, 0.6) is 0 Å². The van der Waals surface area contributed by atoms with Crippen LogP contribution in [0.3, 0.4) is 0 Å². The van der Waals surface area contributed by atoms with Crippen LogP contribution in [-0.2, 0) is 11.3 Å². The molecule has 1 unspecified atom stereocenters. The van der Waals surface area contributed by atoms with Crippen molar-refractivity contribution >= 4 is 17.3 Å². The predicted molar refractivity (Wildman–Crippen MR) is 101 cm³/mol. The monoisotopic (exact) mass is 362 g/mol. The molecule has 0 aliphatic carbocycles. The van der Waals surface area contributed by atoms with Crippen molar-refractivity contribution in [2.75, 3.05) is 39.9 Å². The zero-order valence-electron chi connectivity index (χ0n) is 14.8. The lowest BCUT2D eigenvalue weighted by atomic mass is 10.1. The molecule has 136 valence electrons. The number of guanidine groups is 1. The van der Waals surface area contributed by atoms with E-state index in [1.165, 1.54) is 4.88 Å². The van der Waals surface area contributed by atoms with Crippen LogP contribution < -0.4 is 10.6 Å². The standard InChI is InChI=1S/C18H26N4O2S/c1-14-5-6-17(24-14)16(22-7-9-23-10-8-22)13-21-18(19-2)20-12-15-4-3-11-25-15/h3-6,11,16H,7-10,12-13H2,1-2H3,(H2,19,20,21). The van der Waals surface area contributed by atoms with E-state index in [9.17, 15) is 0 Å². The van der Waals surface area contributed by atoms with Gasteiger partial charge in [-0.1, -0.05) is 6.07 Å². The quantitative estimate of drug-likeness (QED) is 0.610. The molecule has 3 heterocycles. The van der Waals surface area contributed by atoms with Gasteiger partial charge < -0.3 is 19.8 Å². The third-order valence-electron chi connectivity index (χ3n) is 4.27. The highest BCUT2D eigenvalue weighted by atomic mass is 32.1. The fraction of sp³-hybridized carbons (Fsp3) is 0.500. The molecule has 6 nitrogen and oxygen atoms in total. The maximum atomic E-state index is 5.90. The van der Waals surface area contributed by atoms with E-state index in [2.05, 4.69) is 44.1 Å². The molecule has 1 aliphatic heterocycles. The normalized spacial score (nSPS) is 17.4. The molecule has 0 saturated carbocycles. The van der Waals surface area contributed by atoms with Gasteiger partial charge in [0.25, 0.3) is 0 Å². The molecule has 0 amide bonds. The van der Waals surface area contributed by atoms with Crippen molar-refractivity contribution in [2.24, 2.45) is 4.99 Å². The van der Waals surface area contributed by atoms with Crippen molar-refractivity contribution in [1.82, 2.24) is 15.5 Å². The maximum Gasteiger partial charge on any atom is 0.191 e. The Morgan fingerprint density at radius 2 is 2.12 bits per heavy atom. The second-order valence-electron chi connectivity index (χ2n) is 6.00. The summed E-state index contributed by atoms with van der Waals surface area (Å²) < 4.78 is 11.4. The van der Waals surface area contributed by atoms with Gasteiger partial charge in [-0.05, 0) is 30.5 Å². The van der Waals surface area contributed by atoms with E-state index in [4.69, 9.17) is 9.15 Å². The Morgan fingerprint density at radius 1 is 1.28 bits per heavy atom. The van der Waals surface area contributed by atoms with Gasteiger partial charge in [0.1, 0.15) is 11.5 Å². The minimum Gasteiger partial charge on any atom is -0.465 e. The second-order valence-corrected chi connectivity index (χ2v) is 7.03. The first-order valence-corrected chi connectivity index (χ1v) is 9.49. The van der Waals surface area contributed by atoms with Gasteiger partial charge in [0.2, 0.25) is 0 Å². The van der Waals surface area contributed by atoms with Gasteiger partial charge in [-0.2, -0.15) is 0 Å². The molecule has 1 atom stereocenters. The summed E-state index contributed by atoms with van der Waals surface area (Å²) in [6.45, 7) is 6.84. The van der Waals surface area contributed by atoms with Gasteiger partial charge in [0.05, 0.1) is 25.8 Å². The number of morpholine rings is 1. The molecule has 2 aromatic heterocycles. The van der Waals surface area contributed by atoms with Crippen LogP contribution in [0.1, 0.15) is 22.4 Å². The van der Waals surface area contributed by atoms with E-state index in [-0.39, 0.29) is 6.04 Å². The first-order chi connectivity index (χ1) is 12.3. The molecule has 7 heteroatoms. The SMILES string of the molecule is CN=C(NCc1cccs1)NCC(c1ccc(C)o1)N1CCOCC1. The van der Waals surface area contributed by atoms with Crippen molar-refractivity contribution in [3.05, 3.63) is 46.0 Å². The summed E-state index contributed by atoms with van der Waals surface area (Å²) in [6, 6.07) is 8.43. The van der Waals surface area contributed by atoms with Crippen LogP contribution >= 0.6 is 11.3 Å². The molecule has 1 fully saturated rings. The van der Waals surface area contributed by atoms with E-state index in [0.717, 1.165) is 56.9 Å². The van der Waals surface area contributed by atoms with Crippen LogP contribution in [0.15, 0.2) is 39.1 Å². The summed E-state index contributed by atoms with van der Waals surface area (Å²) >= 11 is 1.74. The number of nitrogens with one attached hydrogen (secondary N) is 2. The molecular weight excluding hydrogens is 336 g/mol. The molecule has 0 radical (unpaired) electrons. The number of hydrogen-bond acceptors (Lipinski definition) is 5. The molecule has 25 heavy (non-hydrogen) atoms. The molecule has 0 spiro atoms. The number of aryl methyl sites for hydroxylation is 1. The third-order valence-corrected chi connectivity index (χ3v) is 5.15. The molecule has 1 aliphatic rings. The minimum atomic E-state index is 0.165. The Labute approximate surface area is 152 Å². The topological polar surface area (TPSA) is 62.0 Å². The van der Waals surface area contributed by atoms with Crippen molar-refractivity contribution < 1.29 is 9.15 Å². The summed E-state index contributed by atoms with van der Waals surface area (Å²) in [5.41, 5.74) is 0. The number of thiophene rings is 1. The highest BCUT2D eigenvalue weighted by Gasteiger charge is 2.25. The summed E-state index contributed by atoms with van der Waals surface area (Å²) in [5, 5.41) is 8.88. The molecule has 0 aromatic carbocycles. The van der Waals surface area contributed by atoms with Gasteiger partial charge in [-0.25, -0.2) is 0 Å². The summed E-state index contributed by atoms with van der Waals surface area (Å²) in [5.74, 6) is 2.73. The Bertz CT molecular complexity index is 662. The van der Waals surface area contributed by atoms with Crippen LogP contribution in [0, 0.1) is 6.92 Å². The van der Waals surface area contributed by atoms with Gasteiger partial charge in [0.15, 0.2) is 5.96 Å². The first kappa shape index (κ1) is 18.0. The average Bonchev–Trinajstić information content (AvgIpc) is 3.30. The number of aliphatic imine (C=N–C) groups is 1. The van der Waals surface area contributed by atoms with Gasteiger partial charge in [0, 0.05) is 31.6 Å². The number of furan rings is 1. The zero-order valence-corrected chi connectivity index (χ0v) is 15.6. The highest BCUT2D eigenvalue weighted by molar-refractivity contribution is 7.09. The van der Waals surface area contributed by atoms with Crippen molar-refractivity contribution in [3.63, 3.8) is 0 Å². The van der Waals surface area contributed by atoms with Crippen molar-refractivity contribution in [2.45, 2.75) is 19.5 Å². The van der Waals surface area contributed by atoms with E-state index in [0.29, 0.717) is 0 Å². The maximum absolute atomic E-state index is 5.90. The number of rotatable bonds is 6. The molecule has 3 rings (SSSR count). The highest BCUT2D eigenvalue weighted by Crippen LogP contribution is 2.23. The van der Waals surface area contributed by atoms with Gasteiger partial charge in [-0.15, -0.1) is 11.3 Å². The lowest BCUT2D eigenvalue weighted by Crippen LogP contribution is -2.46. The van der Waals surface area contributed by atoms with E-state index in [1.807, 2.05) is 13.0 Å². The van der Waals surface area contributed by atoms with Crippen molar-refractivity contribution in [1.29, 1.82) is 0 Å². The number of ether oxygens (including phenoxy) is 1. The fourth-order valence-corrected chi connectivity index (χ4v) is 3.57.